The Morgan fingerprint density at radius 3 is 2.93 bits per heavy atom. The van der Waals surface area contributed by atoms with Gasteiger partial charge in [0.05, 0.1) is 18.8 Å². The summed E-state index contributed by atoms with van der Waals surface area (Å²) in [6, 6.07) is 0.177. The van der Waals surface area contributed by atoms with Gasteiger partial charge in [0.25, 0.3) is 0 Å². The van der Waals surface area contributed by atoms with Crippen molar-refractivity contribution in [1.82, 2.24) is 10.3 Å². The number of nitrogens with zero attached hydrogens (tertiary/aromatic N) is 1. The minimum absolute atomic E-state index is 0.177. The Hall–Kier alpha value is -0.490. The van der Waals surface area contributed by atoms with Crippen LogP contribution in [0.15, 0.2) is 11.6 Å². The summed E-state index contributed by atoms with van der Waals surface area (Å²) in [6.45, 7) is 2.25. The second-order valence-electron chi connectivity index (χ2n) is 3.08. The maximum absolute atomic E-state index is 9.17. The molecule has 0 bridgehead atoms. The SMILES string of the molecule is CCC(NCC(O)CO)c1nccs1. The zero-order chi connectivity index (χ0) is 10.4. The first-order valence-corrected chi connectivity index (χ1v) is 5.57. The van der Waals surface area contributed by atoms with Crippen LogP contribution in [0.2, 0.25) is 0 Å². The Morgan fingerprint density at radius 1 is 1.64 bits per heavy atom. The van der Waals surface area contributed by atoms with Crippen molar-refractivity contribution in [3.8, 4) is 0 Å². The molecule has 2 unspecified atom stereocenters. The van der Waals surface area contributed by atoms with E-state index in [1.165, 1.54) is 0 Å². The van der Waals surface area contributed by atoms with Crippen LogP contribution in [0.25, 0.3) is 0 Å². The van der Waals surface area contributed by atoms with Crippen LogP contribution < -0.4 is 5.32 Å². The van der Waals surface area contributed by atoms with E-state index in [0.29, 0.717) is 6.54 Å². The molecule has 14 heavy (non-hydrogen) atoms. The van der Waals surface area contributed by atoms with Crippen molar-refractivity contribution in [1.29, 1.82) is 0 Å². The summed E-state index contributed by atoms with van der Waals surface area (Å²) in [5.41, 5.74) is 0. The number of hydrogen-bond donors (Lipinski definition) is 3. The monoisotopic (exact) mass is 216 g/mol. The van der Waals surface area contributed by atoms with E-state index in [2.05, 4.69) is 17.2 Å². The lowest BCUT2D eigenvalue weighted by molar-refractivity contribution is 0.0917. The lowest BCUT2D eigenvalue weighted by Crippen LogP contribution is -2.32. The largest absolute Gasteiger partial charge is 0.394 e. The maximum atomic E-state index is 9.17. The molecule has 1 rings (SSSR count). The minimum Gasteiger partial charge on any atom is -0.394 e. The third-order valence-corrected chi connectivity index (χ3v) is 2.86. The molecule has 0 aliphatic heterocycles. The summed E-state index contributed by atoms with van der Waals surface area (Å²) >= 11 is 1.60. The fourth-order valence-corrected chi connectivity index (χ4v) is 1.95. The van der Waals surface area contributed by atoms with Crippen LogP contribution in [0.1, 0.15) is 24.4 Å². The summed E-state index contributed by atoms with van der Waals surface area (Å²) in [6.07, 6.45) is 2.00. The molecule has 80 valence electrons. The smallest absolute Gasteiger partial charge is 0.109 e. The van der Waals surface area contributed by atoms with Crippen LogP contribution in [-0.2, 0) is 0 Å². The zero-order valence-electron chi connectivity index (χ0n) is 8.18. The molecule has 4 nitrogen and oxygen atoms in total. The van der Waals surface area contributed by atoms with Crippen molar-refractivity contribution in [2.45, 2.75) is 25.5 Å². The van der Waals surface area contributed by atoms with Crippen molar-refractivity contribution in [3.05, 3.63) is 16.6 Å². The first-order chi connectivity index (χ1) is 6.77. The fourth-order valence-electron chi connectivity index (χ4n) is 1.16. The van der Waals surface area contributed by atoms with Crippen LogP contribution >= 0.6 is 11.3 Å². The highest BCUT2D eigenvalue weighted by Crippen LogP contribution is 2.18. The van der Waals surface area contributed by atoms with Gasteiger partial charge < -0.3 is 15.5 Å². The fraction of sp³-hybridized carbons (Fsp3) is 0.667. The Balaban J connectivity index is 2.40. The van der Waals surface area contributed by atoms with E-state index in [9.17, 15) is 5.11 Å². The van der Waals surface area contributed by atoms with Gasteiger partial charge in [0.2, 0.25) is 0 Å². The molecule has 0 aliphatic carbocycles. The zero-order valence-corrected chi connectivity index (χ0v) is 9.00. The number of aliphatic hydroxyl groups excluding tert-OH is 2. The highest BCUT2D eigenvalue weighted by atomic mass is 32.1. The molecule has 0 saturated carbocycles. The molecule has 1 aromatic rings. The maximum Gasteiger partial charge on any atom is 0.109 e. The highest BCUT2D eigenvalue weighted by molar-refractivity contribution is 7.09. The third kappa shape index (κ3) is 3.34. The van der Waals surface area contributed by atoms with Gasteiger partial charge in [-0.3, -0.25) is 0 Å². The molecule has 5 heteroatoms. The first-order valence-electron chi connectivity index (χ1n) is 4.69. The van der Waals surface area contributed by atoms with Gasteiger partial charge in [0, 0.05) is 18.1 Å². The highest BCUT2D eigenvalue weighted by Gasteiger charge is 2.12. The van der Waals surface area contributed by atoms with Gasteiger partial charge in [0.1, 0.15) is 5.01 Å². The summed E-state index contributed by atoms with van der Waals surface area (Å²) in [4.78, 5) is 4.20. The van der Waals surface area contributed by atoms with E-state index in [1.807, 2.05) is 5.38 Å². The lowest BCUT2D eigenvalue weighted by atomic mass is 10.2. The van der Waals surface area contributed by atoms with E-state index < -0.39 is 6.10 Å². The number of rotatable bonds is 6. The van der Waals surface area contributed by atoms with E-state index >= 15 is 0 Å². The van der Waals surface area contributed by atoms with Gasteiger partial charge in [0.15, 0.2) is 0 Å². The Morgan fingerprint density at radius 2 is 2.43 bits per heavy atom. The van der Waals surface area contributed by atoms with Crippen molar-refractivity contribution in [3.63, 3.8) is 0 Å². The average molecular weight is 216 g/mol. The molecule has 0 amide bonds. The Bertz CT molecular complexity index is 241. The number of aliphatic hydroxyl groups is 2. The van der Waals surface area contributed by atoms with Gasteiger partial charge in [-0.15, -0.1) is 11.3 Å². The average Bonchev–Trinajstić information content (AvgIpc) is 2.72. The van der Waals surface area contributed by atoms with E-state index in [4.69, 9.17) is 5.11 Å². The van der Waals surface area contributed by atoms with Gasteiger partial charge >= 0.3 is 0 Å². The van der Waals surface area contributed by atoms with Crippen molar-refractivity contribution in [2.24, 2.45) is 0 Å². The predicted molar refractivity (Wildman–Crippen MR) is 56.2 cm³/mol. The minimum atomic E-state index is -0.691. The van der Waals surface area contributed by atoms with Gasteiger partial charge in [-0.05, 0) is 6.42 Å². The standard InChI is InChI=1S/C9H16N2O2S/c1-2-8(9-10-3-4-14-9)11-5-7(13)6-12/h3-4,7-8,11-13H,2,5-6H2,1H3. The normalized spacial score (nSPS) is 15.4. The van der Waals surface area contributed by atoms with E-state index in [-0.39, 0.29) is 12.6 Å². The molecular weight excluding hydrogens is 200 g/mol. The molecule has 1 heterocycles. The summed E-state index contributed by atoms with van der Waals surface area (Å²) in [5.74, 6) is 0. The first kappa shape index (κ1) is 11.6. The van der Waals surface area contributed by atoms with Crippen molar-refractivity contribution < 1.29 is 10.2 Å². The van der Waals surface area contributed by atoms with Crippen LogP contribution in [0.5, 0.6) is 0 Å². The molecule has 0 aliphatic rings. The second kappa shape index (κ2) is 6.08. The molecule has 2 atom stereocenters. The van der Waals surface area contributed by atoms with Crippen LogP contribution in [0.4, 0.5) is 0 Å². The third-order valence-electron chi connectivity index (χ3n) is 1.97. The van der Waals surface area contributed by atoms with Crippen LogP contribution in [0, 0.1) is 0 Å². The summed E-state index contributed by atoms with van der Waals surface area (Å²) < 4.78 is 0. The number of thiazole rings is 1. The second-order valence-corrected chi connectivity index (χ2v) is 4.00. The van der Waals surface area contributed by atoms with Gasteiger partial charge in [-0.1, -0.05) is 6.92 Å². The molecule has 0 aromatic carbocycles. The molecule has 0 fully saturated rings. The molecule has 0 saturated heterocycles. The van der Waals surface area contributed by atoms with Crippen molar-refractivity contribution in [2.75, 3.05) is 13.2 Å². The van der Waals surface area contributed by atoms with Crippen molar-refractivity contribution >= 4 is 11.3 Å². The molecule has 0 radical (unpaired) electrons. The van der Waals surface area contributed by atoms with Crippen LogP contribution in [0.3, 0.4) is 0 Å². The topological polar surface area (TPSA) is 65.4 Å². The molecule has 1 aromatic heterocycles. The molecule has 0 spiro atoms. The summed E-state index contributed by atoms with van der Waals surface area (Å²) in [7, 11) is 0. The Kier molecular flexibility index (Phi) is 5.03. The lowest BCUT2D eigenvalue weighted by Gasteiger charge is -2.16. The van der Waals surface area contributed by atoms with Gasteiger partial charge in [-0.25, -0.2) is 4.98 Å². The number of aromatic nitrogens is 1. The molecular formula is C9H16N2O2S. The van der Waals surface area contributed by atoms with Gasteiger partial charge in [-0.2, -0.15) is 0 Å². The quantitative estimate of drug-likeness (QED) is 0.649. The van der Waals surface area contributed by atoms with Crippen LogP contribution in [-0.4, -0.2) is 34.5 Å². The summed E-state index contributed by atoms with van der Waals surface area (Å²) in [5, 5.41) is 23.9. The Labute approximate surface area is 87.6 Å². The number of nitrogens with one attached hydrogen (secondary N) is 1. The van der Waals surface area contributed by atoms with E-state index in [1.54, 1.807) is 17.5 Å². The van der Waals surface area contributed by atoms with E-state index in [0.717, 1.165) is 11.4 Å². The predicted octanol–water partition coefficient (Wildman–Crippen LogP) is 0.537. The number of hydrogen-bond acceptors (Lipinski definition) is 5. The molecule has 3 N–H and O–H groups in total.